The van der Waals surface area contributed by atoms with Gasteiger partial charge in [-0.2, -0.15) is 0 Å². The normalized spacial score (nSPS) is 13.4. The number of benzene rings is 1. The summed E-state index contributed by atoms with van der Waals surface area (Å²) >= 11 is 0. The number of carbonyl (C=O) groups excluding carboxylic acids is 1. The van der Waals surface area contributed by atoms with Gasteiger partial charge in [0.15, 0.2) is 0 Å². The Hall–Kier alpha value is -1.59. The third-order valence-corrected chi connectivity index (χ3v) is 2.94. The van der Waals surface area contributed by atoms with Crippen molar-refractivity contribution < 1.29 is 26.3 Å². The summed E-state index contributed by atoms with van der Waals surface area (Å²) in [6, 6.07) is 3.09. The van der Waals surface area contributed by atoms with Crippen molar-refractivity contribution in [1.82, 2.24) is 10.9 Å². The van der Waals surface area contributed by atoms with E-state index in [2.05, 4.69) is 21.2 Å². The molecule has 0 saturated carbocycles. The Kier molecular flexibility index (Phi) is 9.80. The molecule has 1 heterocycles. The third-order valence-electron chi connectivity index (χ3n) is 2.94. The molecule has 0 radical (unpaired) electrons. The summed E-state index contributed by atoms with van der Waals surface area (Å²) in [5.41, 5.74) is 6.44. The number of hydrazine groups is 1. The van der Waals surface area contributed by atoms with Gasteiger partial charge in [0.25, 0.3) is 0 Å². The quantitative estimate of drug-likeness (QED) is 0.375. The first-order valence-electron chi connectivity index (χ1n) is 7.00. The van der Waals surface area contributed by atoms with Gasteiger partial charge in [-0.15, -0.1) is 0 Å². The maximum atomic E-state index is 13.8. The SMILES string of the molecule is CC.CC(=O)NNC1=Nc2c(C)ccc(F)c2NC1(C)C.[CH3-].[Fe]. The number of hydrogen-bond acceptors (Lipinski definition) is 4. The van der Waals surface area contributed by atoms with Crippen molar-refractivity contribution in [2.24, 2.45) is 4.99 Å². The molecule has 0 bridgehead atoms. The molecule has 132 valence electrons. The van der Waals surface area contributed by atoms with E-state index in [4.69, 9.17) is 0 Å². The van der Waals surface area contributed by atoms with Crippen LogP contribution in [0.2, 0.25) is 0 Å². The van der Waals surface area contributed by atoms with Crippen LogP contribution in [-0.2, 0) is 21.9 Å². The van der Waals surface area contributed by atoms with Crippen LogP contribution in [0.5, 0.6) is 0 Å². The number of aryl methyl sites for hydroxylation is 1. The smallest absolute Gasteiger partial charge is 0.235 e. The van der Waals surface area contributed by atoms with Gasteiger partial charge in [-0.1, -0.05) is 19.9 Å². The zero-order chi connectivity index (χ0) is 16.2. The van der Waals surface area contributed by atoms with Gasteiger partial charge in [0, 0.05) is 24.0 Å². The predicted molar refractivity (Wildman–Crippen MR) is 90.6 cm³/mol. The Morgan fingerprint density at radius 2 is 1.87 bits per heavy atom. The number of amides is 1. The van der Waals surface area contributed by atoms with E-state index in [9.17, 15) is 9.18 Å². The standard InChI is InChI=1S/C13H17FN4O.C2H6.CH3.Fe/c1-7-5-6-9(14)11-10(7)15-12(13(3,4)16-11)18-17-8(2)19;1-2;;/h5-6,16H,1-4H3,(H,15,18)(H,17,19);1-2H3;1H3;/q;;-1;. The van der Waals surface area contributed by atoms with Crippen LogP contribution in [0.25, 0.3) is 0 Å². The Labute approximate surface area is 149 Å². The molecule has 0 aliphatic carbocycles. The van der Waals surface area contributed by atoms with Crippen LogP contribution in [0.3, 0.4) is 0 Å². The van der Waals surface area contributed by atoms with E-state index in [1.54, 1.807) is 6.07 Å². The van der Waals surface area contributed by atoms with Crippen LogP contribution < -0.4 is 16.2 Å². The van der Waals surface area contributed by atoms with Crippen molar-refractivity contribution in [2.45, 2.75) is 47.1 Å². The van der Waals surface area contributed by atoms with E-state index >= 15 is 0 Å². The van der Waals surface area contributed by atoms with Crippen molar-refractivity contribution in [3.63, 3.8) is 0 Å². The molecule has 0 aromatic heterocycles. The van der Waals surface area contributed by atoms with Crippen molar-refractivity contribution in [3.8, 4) is 0 Å². The van der Waals surface area contributed by atoms with Gasteiger partial charge < -0.3 is 12.7 Å². The minimum atomic E-state index is -0.607. The summed E-state index contributed by atoms with van der Waals surface area (Å²) in [5, 5.41) is 3.10. The van der Waals surface area contributed by atoms with E-state index in [-0.39, 0.29) is 36.2 Å². The molecule has 0 saturated heterocycles. The van der Waals surface area contributed by atoms with Gasteiger partial charge in [-0.3, -0.25) is 15.6 Å². The largest absolute Gasteiger partial charge is 0.369 e. The summed E-state index contributed by atoms with van der Waals surface area (Å²) in [4.78, 5) is 15.4. The number of rotatable bonds is 0. The number of aliphatic imine (C=N–C) groups is 1. The second kappa shape index (κ2) is 9.53. The molecule has 7 heteroatoms. The molecule has 1 amide bonds. The Balaban J connectivity index is 0. The fourth-order valence-corrected chi connectivity index (χ4v) is 1.89. The minimum absolute atomic E-state index is 0. The van der Waals surface area contributed by atoms with Gasteiger partial charge in [0.1, 0.15) is 11.7 Å². The predicted octanol–water partition coefficient (Wildman–Crippen LogP) is 3.48. The maximum absolute atomic E-state index is 13.8. The third kappa shape index (κ3) is 5.52. The minimum Gasteiger partial charge on any atom is -0.369 e. The average molecular weight is 365 g/mol. The average Bonchev–Trinajstić information content (AvgIpc) is 2.42. The van der Waals surface area contributed by atoms with Gasteiger partial charge >= 0.3 is 0 Å². The summed E-state index contributed by atoms with van der Waals surface area (Å²) in [6.07, 6.45) is 0. The molecule has 1 aromatic rings. The molecule has 5 nitrogen and oxygen atoms in total. The maximum Gasteiger partial charge on any atom is 0.235 e. The number of halogens is 1. The molecular weight excluding hydrogens is 339 g/mol. The van der Waals surface area contributed by atoms with Crippen molar-refractivity contribution >= 4 is 23.1 Å². The molecule has 1 aromatic carbocycles. The van der Waals surface area contributed by atoms with Gasteiger partial charge in [0.2, 0.25) is 5.91 Å². The summed E-state index contributed by atoms with van der Waals surface area (Å²) in [6.45, 7) is 11.0. The molecule has 0 fully saturated rings. The van der Waals surface area contributed by atoms with Crippen LogP contribution in [0.1, 0.15) is 40.2 Å². The topological polar surface area (TPSA) is 65.5 Å². The summed E-state index contributed by atoms with van der Waals surface area (Å²) in [7, 11) is 0. The first-order valence-corrected chi connectivity index (χ1v) is 7.00. The molecular formula is C16H26FFeN4O-. The molecule has 0 spiro atoms. The summed E-state index contributed by atoms with van der Waals surface area (Å²) < 4.78 is 13.8. The van der Waals surface area contributed by atoms with Crippen molar-refractivity contribution in [3.05, 3.63) is 30.9 Å². The fourth-order valence-electron chi connectivity index (χ4n) is 1.89. The number of anilines is 1. The number of hydrogen-bond donors (Lipinski definition) is 3. The van der Waals surface area contributed by atoms with Crippen LogP contribution in [-0.4, -0.2) is 17.3 Å². The number of amidine groups is 1. The van der Waals surface area contributed by atoms with Gasteiger partial charge in [-0.25, -0.2) is 9.38 Å². The van der Waals surface area contributed by atoms with Gasteiger partial charge in [-0.05, 0) is 32.4 Å². The van der Waals surface area contributed by atoms with E-state index in [1.807, 2.05) is 34.6 Å². The first-order chi connectivity index (χ1) is 9.81. The molecule has 2 rings (SSSR count). The van der Waals surface area contributed by atoms with E-state index in [0.29, 0.717) is 17.2 Å². The molecule has 3 N–H and O–H groups in total. The fraction of sp³-hybridized carbons (Fsp3) is 0.438. The molecule has 0 atom stereocenters. The van der Waals surface area contributed by atoms with Crippen molar-refractivity contribution in [1.29, 1.82) is 0 Å². The van der Waals surface area contributed by atoms with E-state index in [1.165, 1.54) is 13.0 Å². The van der Waals surface area contributed by atoms with Crippen molar-refractivity contribution in [2.75, 3.05) is 5.32 Å². The van der Waals surface area contributed by atoms with Crippen LogP contribution >= 0.6 is 0 Å². The second-order valence-corrected chi connectivity index (χ2v) is 5.10. The van der Waals surface area contributed by atoms with E-state index in [0.717, 1.165) is 5.56 Å². The van der Waals surface area contributed by atoms with E-state index < -0.39 is 5.54 Å². The second-order valence-electron chi connectivity index (χ2n) is 5.10. The number of nitrogens with one attached hydrogen (secondary N) is 3. The number of nitrogens with zero attached hydrogens (tertiary/aromatic N) is 1. The van der Waals surface area contributed by atoms with Gasteiger partial charge in [0.05, 0.1) is 16.9 Å². The van der Waals surface area contributed by atoms with Crippen LogP contribution in [0.15, 0.2) is 17.1 Å². The Morgan fingerprint density at radius 3 is 2.39 bits per heavy atom. The first kappa shape index (κ1) is 23.7. The molecule has 0 unspecified atom stereocenters. The Morgan fingerprint density at radius 1 is 1.30 bits per heavy atom. The Bertz CT molecular complexity index is 573. The molecule has 1 aliphatic heterocycles. The monoisotopic (exact) mass is 365 g/mol. The molecule has 1 aliphatic rings. The van der Waals surface area contributed by atoms with Crippen LogP contribution in [0, 0.1) is 20.2 Å². The zero-order valence-corrected chi connectivity index (χ0v) is 15.8. The number of carbonyl (C=O) groups is 1. The molecule has 23 heavy (non-hydrogen) atoms. The zero-order valence-electron chi connectivity index (χ0n) is 14.7. The summed E-state index contributed by atoms with van der Waals surface area (Å²) in [5.74, 6) is -0.0276. The number of fused-ring (bicyclic) bond motifs is 1. The van der Waals surface area contributed by atoms with Crippen LogP contribution in [0.4, 0.5) is 15.8 Å².